The second-order valence-electron chi connectivity index (χ2n) is 6.35. The highest BCUT2D eigenvalue weighted by atomic mass is 16.2. The number of rotatable bonds is 7. The molecule has 0 saturated carbocycles. The minimum atomic E-state index is -0.348. The van der Waals surface area contributed by atoms with E-state index < -0.39 is 0 Å². The van der Waals surface area contributed by atoms with Gasteiger partial charge in [0, 0.05) is 18.4 Å². The third-order valence-electron chi connectivity index (χ3n) is 4.61. The Morgan fingerprint density at radius 1 is 1.07 bits per heavy atom. The van der Waals surface area contributed by atoms with Crippen LogP contribution >= 0.6 is 0 Å². The largest absolute Gasteiger partial charge is 0.347 e. The van der Waals surface area contributed by atoms with Gasteiger partial charge in [0.1, 0.15) is 0 Å². The molecule has 0 aliphatic rings. The first-order chi connectivity index (χ1) is 13.6. The predicted molar refractivity (Wildman–Crippen MR) is 111 cm³/mol. The van der Waals surface area contributed by atoms with Crippen LogP contribution in [0.1, 0.15) is 46.1 Å². The van der Waals surface area contributed by atoms with E-state index in [-0.39, 0.29) is 23.3 Å². The minimum Gasteiger partial charge on any atom is -0.347 e. The predicted octanol–water partition coefficient (Wildman–Crippen LogP) is 3.63. The Balaban J connectivity index is 2.02. The lowest BCUT2D eigenvalue weighted by Crippen LogP contribution is -2.24. The molecule has 0 radical (unpaired) electrons. The van der Waals surface area contributed by atoms with Gasteiger partial charge in [-0.05, 0) is 36.1 Å². The lowest BCUT2D eigenvalue weighted by atomic mass is 10.0. The first-order valence-electron chi connectivity index (χ1n) is 9.38. The number of imidazole rings is 1. The Hall–Kier alpha value is -3.41. The fourth-order valence-corrected chi connectivity index (χ4v) is 3.19. The summed E-state index contributed by atoms with van der Waals surface area (Å²) >= 11 is 0. The molecule has 2 N–H and O–H groups in total. The molecule has 0 unspecified atom stereocenters. The van der Waals surface area contributed by atoms with Crippen LogP contribution in [0.5, 0.6) is 0 Å². The van der Waals surface area contributed by atoms with E-state index in [4.69, 9.17) is 0 Å². The van der Waals surface area contributed by atoms with Gasteiger partial charge in [-0.15, -0.1) is 6.58 Å². The molecule has 0 spiro atoms. The number of aromatic nitrogens is 2. The molecule has 2 heterocycles. The lowest BCUT2D eigenvalue weighted by molar-refractivity contribution is 0.0955. The molecule has 1 aromatic carbocycles. The van der Waals surface area contributed by atoms with Gasteiger partial charge < -0.3 is 10.6 Å². The van der Waals surface area contributed by atoms with E-state index in [2.05, 4.69) is 36.0 Å². The fraction of sp³-hybridized carbons (Fsp3) is 0.227. The zero-order chi connectivity index (χ0) is 20.1. The van der Waals surface area contributed by atoms with Gasteiger partial charge in [-0.1, -0.05) is 44.2 Å². The van der Waals surface area contributed by atoms with Crippen molar-refractivity contribution in [2.24, 2.45) is 0 Å². The Kier molecular flexibility index (Phi) is 5.89. The first kappa shape index (κ1) is 19.4. The zero-order valence-electron chi connectivity index (χ0n) is 16.2. The number of amides is 2. The van der Waals surface area contributed by atoms with Crippen molar-refractivity contribution >= 4 is 23.0 Å². The summed E-state index contributed by atoms with van der Waals surface area (Å²) in [4.78, 5) is 29.9. The molecular formula is C22H24N4O2. The summed E-state index contributed by atoms with van der Waals surface area (Å²) in [6, 6.07) is 11.4. The van der Waals surface area contributed by atoms with Crippen LogP contribution in [0, 0.1) is 0 Å². The van der Waals surface area contributed by atoms with E-state index in [1.807, 2.05) is 24.3 Å². The SMILES string of the molecule is C=CCNC(=O)c1nc(C(=O)Nc2c(CC)cccc2CC)n2ccccc12. The summed E-state index contributed by atoms with van der Waals surface area (Å²) in [6.07, 6.45) is 4.94. The summed E-state index contributed by atoms with van der Waals surface area (Å²) in [6.45, 7) is 8.03. The Bertz CT molecular complexity index is 1010. The van der Waals surface area contributed by atoms with Crippen molar-refractivity contribution in [3.63, 3.8) is 0 Å². The number of benzene rings is 1. The number of carbonyl (C=O) groups excluding carboxylic acids is 2. The quantitative estimate of drug-likeness (QED) is 0.618. The van der Waals surface area contributed by atoms with Crippen molar-refractivity contribution in [3.05, 3.63) is 77.9 Å². The molecule has 0 bridgehead atoms. The number of nitrogens with zero attached hydrogens (tertiary/aromatic N) is 2. The van der Waals surface area contributed by atoms with Crippen molar-refractivity contribution in [3.8, 4) is 0 Å². The Morgan fingerprint density at radius 2 is 1.79 bits per heavy atom. The molecule has 2 amide bonds. The van der Waals surface area contributed by atoms with Gasteiger partial charge in [-0.2, -0.15) is 0 Å². The average Bonchev–Trinajstić information content (AvgIpc) is 3.12. The number of aryl methyl sites for hydroxylation is 2. The van der Waals surface area contributed by atoms with Crippen LogP contribution in [0.25, 0.3) is 5.52 Å². The smallest absolute Gasteiger partial charge is 0.292 e. The van der Waals surface area contributed by atoms with Crippen LogP contribution in [0.3, 0.4) is 0 Å². The van der Waals surface area contributed by atoms with E-state index in [0.717, 1.165) is 29.7 Å². The summed E-state index contributed by atoms with van der Waals surface area (Å²) in [5.41, 5.74) is 3.75. The molecule has 0 atom stereocenters. The van der Waals surface area contributed by atoms with Gasteiger partial charge in [-0.3, -0.25) is 14.0 Å². The number of hydrogen-bond donors (Lipinski definition) is 2. The first-order valence-corrected chi connectivity index (χ1v) is 9.38. The van der Waals surface area contributed by atoms with Crippen molar-refractivity contribution in [1.82, 2.24) is 14.7 Å². The number of carbonyl (C=O) groups is 2. The van der Waals surface area contributed by atoms with E-state index in [1.54, 1.807) is 28.8 Å². The third-order valence-corrected chi connectivity index (χ3v) is 4.61. The molecule has 0 aliphatic carbocycles. The second-order valence-corrected chi connectivity index (χ2v) is 6.35. The molecule has 3 rings (SSSR count). The highest BCUT2D eigenvalue weighted by molar-refractivity contribution is 6.06. The molecule has 2 aromatic heterocycles. The number of para-hydroxylation sites is 1. The van der Waals surface area contributed by atoms with Gasteiger partial charge in [0.2, 0.25) is 5.82 Å². The van der Waals surface area contributed by atoms with Crippen LogP contribution in [0.4, 0.5) is 5.69 Å². The Labute approximate surface area is 164 Å². The van der Waals surface area contributed by atoms with Crippen molar-refractivity contribution in [2.45, 2.75) is 26.7 Å². The molecule has 0 saturated heterocycles. The van der Waals surface area contributed by atoms with Crippen LogP contribution in [-0.2, 0) is 12.8 Å². The minimum absolute atomic E-state index is 0.173. The molecule has 144 valence electrons. The maximum atomic E-state index is 13.1. The maximum absolute atomic E-state index is 13.1. The average molecular weight is 376 g/mol. The number of pyridine rings is 1. The van der Waals surface area contributed by atoms with Crippen LogP contribution in [0.15, 0.2) is 55.3 Å². The maximum Gasteiger partial charge on any atom is 0.292 e. The molecule has 0 aliphatic heterocycles. The van der Waals surface area contributed by atoms with Crippen LogP contribution in [-0.4, -0.2) is 27.7 Å². The van der Waals surface area contributed by atoms with Crippen LogP contribution in [0.2, 0.25) is 0 Å². The summed E-state index contributed by atoms with van der Waals surface area (Å²) in [5, 5.41) is 5.73. The van der Waals surface area contributed by atoms with E-state index in [9.17, 15) is 9.59 Å². The number of nitrogens with one attached hydrogen (secondary N) is 2. The second kappa shape index (κ2) is 8.52. The van der Waals surface area contributed by atoms with Crippen molar-refractivity contribution < 1.29 is 9.59 Å². The van der Waals surface area contributed by atoms with Crippen molar-refractivity contribution in [1.29, 1.82) is 0 Å². The standard InChI is InChI=1S/C22H24N4O2/c1-4-13-23-21(27)19-17-12-7-8-14-26(17)20(24-19)22(28)25-18-15(5-2)10-9-11-16(18)6-3/h4,7-12,14H,1,5-6,13H2,2-3H3,(H,23,27)(H,25,28). The molecule has 28 heavy (non-hydrogen) atoms. The lowest BCUT2D eigenvalue weighted by Gasteiger charge is -2.14. The monoisotopic (exact) mass is 376 g/mol. The topological polar surface area (TPSA) is 75.5 Å². The highest BCUT2D eigenvalue weighted by Gasteiger charge is 2.22. The summed E-state index contributed by atoms with van der Waals surface area (Å²) in [7, 11) is 0. The summed E-state index contributed by atoms with van der Waals surface area (Å²) in [5.74, 6) is -0.516. The molecule has 6 heteroatoms. The molecule has 3 aromatic rings. The molecule has 6 nitrogen and oxygen atoms in total. The Morgan fingerprint density at radius 3 is 2.43 bits per heavy atom. The molecule has 0 fully saturated rings. The van der Waals surface area contributed by atoms with Gasteiger partial charge in [0.15, 0.2) is 5.69 Å². The number of fused-ring (bicyclic) bond motifs is 1. The van der Waals surface area contributed by atoms with E-state index >= 15 is 0 Å². The van der Waals surface area contributed by atoms with Gasteiger partial charge in [-0.25, -0.2) is 4.98 Å². The fourth-order valence-electron chi connectivity index (χ4n) is 3.19. The van der Waals surface area contributed by atoms with Gasteiger partial charge >= 0.3 is 0 Å². The third kappa shape index (κ3) is 3.67. The summed E-state index contributed by atoms with van der Waals surface area (Å²) < 4.78 is 1.64. The van der Waals surface area contributed by atoms with Gasteiger partial charge in [0.25, 0.3) is 11.8 Å². The normalized spacial score (nSPS) is 10.6. The van der Waals surface area contributed by atoms with Crippen molar-refractivity contribution in [2.75, 3.05) is 11.9 Å². The number of anilines is 1. The van der Waals surface area contributed by atoms with Gasteiger partial charge in [0.05, 0.1) is 5.52 Å². The number of hydrogen-bond acceptors (Lipinski definition) is 3. The highest BCUT2D eigenvalue weighted by Crippen LogP contribution is 2.24. The van der Waals surface area contributed by atoms with E-state index in [1.165, 1.54) is 0 Å². The van der Waals surface area contributed by atoms with E-state index in [0.29, 0.717) is 12.1 Å². The molecular weight excluding hydrogens is 352 g/mol. The zero-order valence-corrected chi connectivity index (χ0v) is 16.2. The van der Waals surface area contributed by atoms with Crippen LogP contribution < -0.4 is 10.6 Å².